The van der Waals surface area contributed by atoms with Crippen LogP contribution in [0.2, 0.25) is 0 Å². The Hall–Kier alpha value is -3.58. The first-order valence-electron chi connectivity index (χ1n) is 9.86. The van der Waals surface area contributed by atoms with Crippen molar-refractivity contribution in [3.05, 3.63) is 84.1 Å². The maximum Gasteiger partial charge on any atom is 0.234 e. The van der Waals surface area contributed by atoms with Gasteiger partial charge in [-0.1, -0.05) is 54.2 Å². The Kier molecular flexibility index (Phi) is 5.41. The fourth-order valence-electron chi connectivity index (χ4n) is 3.35. The standard InChI is InChI=1S/C24H19N3O3S/c28-23(25-17-10-11-21-22(13-17)30-15-29-21)14-31-24-20(12-16-6-2-1-3-7-16)26-18-8-4-5-9-19(18)27-24/h1-11,13H,12,14-15H2,(H,25,28). The molecule has 7 heteroatoms. The minimum Gasteiger partial charge on any atom is -0.454 e. The van der Waals surface area contributed by atoms with Gasteiger partial charge >= 0.3 is 0 Å². The highest BCUT2D eigenvalue weighted by atomic mass is 32.2. The predicted octanol–water partition coefficient (Wildman–Crippen LogP) is 4.68. The SMILES string of the molecule is O=C(CSc1nc2ccccc2nc1Cc1ccccc1)Nc1ccc2c(c1)OCO2. The monoisotopic (exact) mass is 429 g/mol. The number of para-hydroxylation sites is 2. The van der Waals surface area contributed by atoms with Crippen molar-refractivity contribution in [2.45, 2.75) is 11.4 Å². The summed E-state index contributed by atoms with van der Waals surface area (Å²) in [5.74, 6) is 1.42. The van der Waals surface area contributed by atoms with E-state index in [4.69, 9.17) is 19.4 Å². The van der Waals surface area contributed by atoms with Crippen molar-refractivity contribution in [3.63, 3.8) is 0 Å². The van der Waals surface area contributed by atoms with Crippen LogP contribution >= 0.6 is 11.8 Å². The first kappa shape index (κ1) is 19.4. The van der Waals surface area contributed by atoms with Gasteiger partial charge in [-0.05, 0) is 29.8 Å². The second-order valence-electron chi connectivity index (χ2n) is 7.03. The van der Waals surface area contributed by atoms with E-state index in [-0.39, 0.29) is 18.5 Å². The molecular weight excluding hydrogens is 410 g/mol. The number of rotatable bonds is 6. The molecule has 2 heterocycles. The summed E-state index contributed by atoms with van der Waals surface area (Å²) >= 11 is 1.39. The summed E-state index contributed by atoms with van der Waals surface area (Å²) in [4.78, 5) is 22.2. The summed E-state index contributed by atoms with van der Waals surface area (Å²) in [6.07, 6.45) is 0.658. The van der Waals surface area contributed by atoms with E-state index in [9.17, 15) is 4.79 Å². The predicted molar refractivity (Wildman–Crippen MR) is 121 cm³/mol. The van der Waals surface area contributed by atoms with E-state index in [0.29, 0.717) is 23.6 Å². The fourth-order valence-corrected chi connectivity index (χ4v) is 4.13. The van der Waals surface area contributed by atoms with Crippen LogP contribution in [-0.4, -0.2) is 28.4 Å². The number of nitrogens with zero attached hydrogens (tertiary/aromatic N) is 2. The molecular formula is C24H19N3O3S. The number of carbonyl (C=O) groups is 1. The largest absolute Gasteiger partial charge is 0.454 e. The van der Waals surface area contributed by atoms with Gasteiger partial charge in [0, 0.05) is 18.2 Å². The normalized spacial score (nSPS) is 12.1. The molecule has 3 aromatic carbocycles. The second-order valence-corrected chi connectivity index (χ2v) is 8.00. The number of amides is 1. The molecule has 1 amide bonds. The third-order valence-corrected chi connectivity index (χ3v) is 5.82. The van der Waals surface area contributed by atoms with Crippen molar-refractivity contribution in [1.82, 2.24) is 9.97 Å². The summed E-state index contributed by atoms with van der Waals surface area (Å²) in [6.45, 7) is 0.202. The molecule has 0 fully saturated rings. The van der Waals surface area contributed by atoms with E-state index in [1.165, 1.54) is 11.8 Å². The lowest BCUT2D eigenvalue weighted by Crippen LogP contribution is -2.14. The van der Waals surface area contributed by atoms with Crippen molar-refractivity contribution in [2.24, 2.45) is 0 Å². The topological polar surface area (TPSA) is 73.3 Å². The van der Waals surface area contributed by atoms with E-state index in [1.807, 2.05) is 42.5 Å². The number of hydrogen-bond acceptors (Lipinski definition) is 6. The molecule has 0 bridgehead atoms. The van der Waals surface area contributed by atoms with Crippen LogP contribution in [0, 0.1) is 0 Å². The molecule has 0 saturated carbocycles. The number of fused-ring (bicyclic) bond motifs is 2. The minimum atomic E-state index is -0.121. The number of ether oxygens (including phenoxy) is 2. The molecule has 1 aliphatic heterocycles. The fraction of sp³-hybridized carbons (Fsp3) is 0.125. The van der Waals surface area contributed by atoms with Gasteiger partial charge in [-0.2, -0.15) is 0 Å². The zero-order chi connectivity index (χ0) is 21.0. The molecule has 0 spiro atoms. The Morgan fingerprint density at radius 2 is 1.65 bits per heavy atom. The zero-order valence-electron chi connectivity index (χ0n) is 16.6. The quantitative estimate of drug-likeness (QED) is 0.449. The molecule has 31 heavy (non-hydrogen) atoms. The van der Waals surface area contributed by atoms with Crippen LogP contribution < -0.4 is 14.8 Å². The van der Waals surface area contributed by atoms with E-state index >= 15 is 0 Å². The summed E-state index contributed by atoms with van der Waals surface area (Å²) in [6, 6.07) is 23.3. The number of carbonyl (C=O) groups excluding carboxylic acids is 1. The highest BCUT2D eigenvalue weighted by Crippen LogP contribution is 2.34. The van der Waals surface area contributed by atoms with Gasteiger partial charge in [0.1, 0.15) is 5.03 Å². The maximum atomic E-state index is 12.6. The van der Waals surface area contributed by atoms with Gasteiger partial charge in [-0.25, -0.2) is 9.97 Å². The van der Waals surface area contributed by atoms with E-state index in [1.54, 1.807) is 18.2 Å². The Bertz CT molecular complexity index is 1250. The van der Waals surface area contributed by atoms with Crippen LogP contribution in [0.15, 0.2) is 77.8 Å². The summed E-state index contributed by atoms with van der Waals surface area (Å²) in [7, 11) is 0. The number of nitrogens with one attached hydrogen (secondary N) is 1. The lowest BCUT2D eigenvalue weighted by molar-refractivity contribution is -0.113. The molecule has 1 aromatic heterocycles. The van der Waals surface area contributed by atoms with Crippen LogP contribution in [0.3, 0.4) is 0 Å². The van der Waals surface area contributed by atoms with Gasteiger partial charge < -0.3 is 14.8 Å². The number of thioether (sulfide) groups is 1. The van der Waals surface area contributed by atoms with Crippen molar-refractivity contribution < 1.29 is 14.3 Å². The maximum absolute atomic E-state index is 12.6. The number of aromatic nitrogens is 2. The highest BCUT2D eigenvalue weighted by Gasteiger charge is 2.16. The van der Waals surface area contributed by atoms with Crippen molar-refractivity contribution in [3.8, 4) is 11.5 Å². The zero-order valence-corrected chi connectivity index (χ0v) is 17.4. The molecule has 5 rings (SSSR count). The third kappa shape index (κ3) is 4.46. The van der Waals surface area contributed by atoms with Crippen LogP contribution in [0.5, 0.6) is 11.5 Å². The Morgan fingerprint density at radius 3 is 2.48 bits per heavy atom. The first-order chi connectivity index (χ1) is 15.2. The van der Waals surface area contributed by atoms with Crippen LogP contribution in [0.25, 0.3) is 11.0 Å². The van der Waals surface area contributed by atoms with E-state index in [0.717, 1.165) is 27.3 Å². The van der Waals surface area contributed by atoms with Crippen molar-refractivity contribution in [1.29, 1.82) is 0 Å². The molecule has 1 N–H and O–H groups in total. The van der Waals surface area contributed by atoms with E-state index < -0.39 is 0 Å². The Morgan fingerprint density at radius 1 is 0.903 bits per heavy atom. The van der Waals surface area contributed by atoms with E-state index in [2.05, 4.69) is 17.4 Å². The molecule has 0 saturated heterocycles. The number of benzene rings is 3. The van der Waals surface area contributed by atoms with Gasteiger partial charge in [-0.3, -0.25) is 4.79 Å². The Balaban J connectivity index is 1.33. The van der Waals surface area contributed by atoms with Gasteiger partial charge in [0.15, 0.2) is 11.5 Å². The average molecular weight is 430 g/mol. The molecule has 1 aliphatic rings. The van der Waals surface area contributed by atoms with Gasteiger partial charge in [0.05, 0.1) is 22.5 Å². The van der Waals surface area contributed by atoms with Crippen molar-refractivity contribution in [2.75, 3.05) is 17.9 Å². The molecule has 0 aliphatic carbocycles. The van der Waals surface area contributed by atoms with Crippen molar-refractivity contribution >= 4 is 34.4 Å². The summed E-state index contributed by atoms with van der Waals surface area (Å²) in [5.41, 5.74) is 4.36. The second kappa shape index (κ2) is 8.65. The number of hydrogen-bond donors (Lipinski definition) is 1. The van der Waals surface area contributed by atoms with Gasteiger partial charge in [-0.15, -0.1) is 0 Å². The Labute approximate surface area is 183 Å². The molecule has 0 radical (unpaired) electrons. The van der Waals surface area contributed by atoms with Crippen LogP contribution in [-0.2, 0) is 11.2 Å². The summed E-state index contributed by atoms with van der Waals surface area (Å²) < 4.78 is 10.7. The molecule has 154 valence electrons. The molecule has 0 atom stereocenters. The summed E-state index contributed by atoms with van der Waals surface area (Å²) in [5, 5.41) is 3.67. The number of anilines is 1. The van der Waals surface area contributed by atoms with Crippen LogP contribution in [0.4, 0.5) is 5.69 Å². The third-order valence-electron chi connectivity index (χ3n) is 4.82. The molecule has 4 aromatic rings. The van der Waals surface area contributed by atoms with Gasteiger partial charge in [0.25, 0.3) is 0 Å². The first-order valence-corrected chi connectivity index (χ1v) is 10.8. The molecule has 6 nitrogen and oxygen atoms in total. The molecule has 0 unspecified atom stereocenters. The van der Waals surface area contributed by atoms with Gasteiger partial charge in [0.2, 0.25) is 12.7 Å². The lowest BCUT2D eigenvalue weighted by Gasteiger charge is -2.10. The average Bonchev–Trinajstić information content (AvgIpc) is 3.26. The smallest absolute Gasteiger partial charge is 0.234 e. The highest BCUT2D eigenvalue weighted by molar-refractivity contribution is 8.00. The minimum absolute atomic E-state index is 0.121. The lowest BCUT2D eigenvalue weighted by atomic mass is 10.1. The van der Waals surface area contributed by atoms with Crippen LogP contribution in [0.1, 0.15) is 11.3 Å².